The molecule has 2 aromatic carbocycles. The molecule has 7 heteroatoms. The Labute approximate surface area is 194 Å². The van der Waals surface area contributed by atoms with Crippen LogP contribution in [-0.4, -0.2) is 56.5 Å². The first-order valence-corrected chi connectivity index (χ1v) is 11.6. The highest BCUT2D eigenvalue weighted by Gasteiger charge is 2.25. The Kier molecular flexibility index (Phi) is 6.98. The second-order valence-electron chi connectivity index (χ2n) is 9.39. The zero-order valence-electron chi connectivity index (χ0n) is 19.5. The Balaban J connectivity index is 1.65. The number of hydrogen-bond acceptors (Lipinski definition) is 4. The highest BCUT2D eigenvalue weighted by Crippen LogP contribution is 2.35. The summed E-state index contributed by atoms with van der Waals surface area (Å²) in [4.78, 5) is 27.2. The number of amides is 2. The predicted octanol–water partition coefficient (Wildman–Crippen LogP) is 3.77. The van der Waals surface area contributed by atoms with Gasteiger partial charge < -0.3 is 20.3 Å². The zero-order chi connectivity index (χ0) is 23.5. The first kappa shape index (κ1) is 23.2. The smallest absolute Gasteiger partial charge is 0.251 e. The van der Waals surface area contributed by atoms with Crippen molar-refractivity contribution in [2.24, 2.45) is 5.92 Å². The molecule has 2 aliphatic carbocycles. The van der Waals surface area contributed by atoms with Gasteiger partial charge >= 0.3 is 0 Å². The second-order valence-corrected chi connectivity index (χ2v) is 9.39. The highest BCUT2D eigenvalue weighted by atomic mass is 19.1. The average Bonchev–Trinajstić information content (AvgIpc) is 3.69. The Bertz CT molecular complexity index is 1050. The number of nitrogens with zero attached hydrogens (tertiary/aromatic N) is 1. The van der Waals surface area contributed by atoms with Crippen LogP contribution in [0.15, 0.2) is 30.3 Å². The highest BCUT2D eigenvalue weighted by molar-refractivity contribution is 5.98. The largest absolute Gasteiger partial charge is 0.492 e. The lowest BCUT2D eigenvalue weighted by atomic mass is 9.95. The van der Waals surface area contributed by atoms with Gasteiger partial charge in [0.25, 0.3) is 11.8 Å². The fourth-order valence-corrected chi connectivity index (χ4v) is 3.59. The molecule has 2 aliphatic rings. The maximum absolute atomic E-state index is 14.8. The van der Waals surface area contributed by atoms with Crippen LogP contribution in [0.2, 0.25) is 0 Å². The summed E-state index contributed by atoms with van der Waals surface area (Å²) in [5.74, 6) is 0.214. The molecule has 4 rings (SSSR count). The number of benzene rings is 2. The van der Waals surface area contributed by atoms with Crippen molar-refractivity contribution in [3.05, 3.63) is 52.8 Å². The maximum Gasteiger partial charge on any atom is 0.251 e. The zero-order valence-corrected chi connectivity index (χ0v) is 19.5. The molecular weight excluding hydrogens is 421 g/mol. The van der Waals surface area contributed by atoms with Gasteiger partial charge in [0, 0.05) is 35.8 Å². The van der Waals surface area contributed by atoms with Gasteiger partial charge in [0.05, 0.1) is 0 Å². The van der Waals surface area contributed by atoms with E-state index in [2.05, 4.69) is 10.6 Å². The average molecular weight is 454 g/mol. The minimum absolute atomic E-state index is 0.147. The third kappa shape index (κ3) is 6.11. The van der Waals surface area contributed by atoms with Gasteiger partial charge in [-0.25, -0.2) is 4.39 Å². The first-order valence-electron chi connectivity index (χ1n) is 11.6. The Hall–Kier alpha value is -2.93. The molecule has 176 valence electrons. The van der Waals surface area contributed by atoms with Crippen LogP contribution in [0, 0.1) is 18.7 Å². The van der Waals surface area contributed by atoms with Crippen LogP contribution in [0.4, 0.5) is 4.39 Å². The molecule has 0 saturated heterocycles. The van der Waals surface area contributed by atoms with Crippen molar-refractivity contribution in [1.29, 1.82) is 0 Å². The van der Waals surface area contributed by atoms with Crippen LogP contribution >= 0.6 is 0 Å². The number of carbonyl (C=O) groups excluding carboxylic acids is 2. The lowest BCUT2D eigenvalue weighted by Crippen LogP contribution is -2.26. The number of hydrogen-bond donors (Lipinski definition) is 2. The summed E-state index contributed by atoms with van der Waals surface area (Å²) in [6.07, 6.45) is 4.24. The molecule has 2 N–H and O–H groups in total. The van der Waals surface area contributed by atoms with E-state index in [4.69, 9.17) is 4.74 Å². The lowest BCUT2D eigenvalue weighted by molar-refractivity contribution is 0.0943. The summed E-state index contributed by atoms with van der Waals surface area (Å²) in [7, 11) is 3.90. The lowest BCUT2D eigenvalue weighted by Gasteiger charge is -2.18. The molecule has 0 radical (unpaired) electrons. The van der Waals surface area contributed by atoms with Gasteiger partial charge in [-0.3, -0.25) is 9.59 Å². The van der Waals surface area contributed by atoms with Crippen molar-refractivity contribution in [1.82, 2.24) is 15.5 Å². The van der Waals surface area contributed by atoms with Crippen molar-refractivity contribution in [3.8, 4) is 16.9 Å². The molecule has 2 fully saturated rings. The van der Waals surface area contributed by atoms with E-state index < -0.39 is 5.82 Å². The van der Waals surface area contributed by atoms with Crippen LogP contribution in [0.3, 0.4) is 0 Å². The molecule has 0 aromatic heterocycles. The summed E-state index contributed by atoms with van der Waals surface area (Å²) >= 11 is 0. The van der Waals surface area contributed by atoms with Gasteiger partial charge in [-0.2, -0.15) is 0 Å². The molecular formula is C26H32FN3O3. The summed E-state index contributed by atoms with van der Waals surface area (Å²) in [6, 6.07) is 8.39. The van der Waals surface area contributed by atoms with E-state index in [0.29, 0.717) is 53.6 Å². The Morgan fingerprint density at radius 3 is 2.45 bits per heavy atom. The predicted molar refractivity (Wildman–Crippen MR) is 126 cm³/mol. The Morgan fingerprint density at radius 2 is 1.79 bits per heavy atom. The third-order valence-electron chi connectivity index (χ3n) is 6.10. The van der Waals surface area contributed by atoms with E-state index in [1.807, 2.05) is 19.0 Å². The molecule has 2 aromatic rings. The van der Waals surface area contributed by atoms with Crippen molar-refractivity contribution in [2.75, 3.05) is 33.8 Å². The van der Waals surface area contributed by atoms with E-state index in [0.717, 1.165) is 25.7 Å². The molecule has 0 atom stereocenters. The van der Waals surface area contributed by atoms with Crippen LogP contribution in [0.5, 0.6) is 5.75 Å². The van der Waals surface area contributed by atoms with E-state index in [-0.39, 0.29) is 23.4 Å². The molecule has 0 aliphatic heterocycles. The fraction of sp³-hybridized carbons (Fsp3) is 0.462. The maximum atomic E-state index is 14.8. The summed E-state index contributed by atoms with van der Waals surface area (Å²) in [5, 5.41) is 5.89. The number of carbonyl (C=O) groups is 2. The molecule has 0 heterocycles. The minimum atomic E-state index is -0.445. The van der Waals surface area contributed by atoms with Gasteiger partial charge in [0.1, 0.15) is 18.2 Å². The summed E-state index contributed by atoms with van der Waals surface area (Å²) in [6.45, 7) is 3.47. The number of rotatable bonds is 10. The molecule has 0 bridgehead atoms. The van der Waals surface area contributed by atoms with Gasteiger partial charge in [-0.15, -0.1) is 0 Å². The van der Waals surface area contributed by atoms with Crippen molar-refractivity contribution in [3.63, 3.8) is 0 Å². The standard InChI is InChI=1S/C26H32FN3O3/c1-16-22(12-19(13-23(16)27)26(32)29-20-7-8-20)21-9-6-18(25(31)28-15-17-4-5-17)14-24(21)33-11-10-30(2)3/h6,9,12-14,17,20H,4-5,7-8,10-11,15H2,1-3H3,(H,28,31)(H,29,32). The van der Waals surface area contributed by atoms with Gasteiger partial charge in [-0.1, -0.05) is 0 Å². The van der Waals surface area contributed by atoms with Crippen LogP contribution < -0.4 is 15.4 Å². The van der Waals surface area contributed by atoms with Crippen molar-refractivity contribution < 1.29 is 18.7 Å². The monoisotopic (exact) mass is 453 g/mol. The number of halogens is 1. The van der Waals surface area contributed by atoms with Gasteiger partial charge in [-0.05, 0) is 94.1 Å². The SMILES string of the molecule is Cc1c(F)cc(C(=O)NC2CC2)cc1-c1ccc(C(=O)NCC2CC2)cc1OCCN(C)C. The first-order chi connectivity index (χ1) is 15.8. The van der Waals surface area contributed by atoms with Crippen LogP contribution in [0.1, 0.15) is 52.0 Å². The molecule has 0 unspecified atom stereocenters. The van der Waals surface area contributed by atoms with Gasteiger partial charge in [0.15, 0.2) is 0 Å². The van der Waals surface area contributed by atoms with E-state index in [9.17, 15) is 14.0 Å². The second kappa shape index (κ2) is 9.91. The molecule has 33 heavy (non-hydrogen) atoms. The van der Waals surface area contributed by atoms with E-state index in [1.165, 1.54) is 6.07 Å². The minimum Gasteiger partial charge on any atom is -0.492 e. The topological polar surface area (TPSA) is 70.7 Å². The normalized spacial score (nSPS) is 15.4. The quantitative estimate of drug-likeness (QED) is 0.575. The molecule has 2 saturated carbocycles. The summed E-state index contributed by atoms with van der Waals surface area (Å²) in [5.41, 5.74) is 2.46. The number of likely N-dealkylation sites (N-methyl/N-ethyl adjacent to an activating group) is 1. The van der Waals surface area contributed by atoms with Crippen LogP contribution in [-0.2, 0) is 0 Å². The Morgan fingerprint density at radius 1 is 1.03 bits per heavy atom. The fourth-order valence-electron chi connectivity index (χ4n) is 3.59. The van der Waals surface area contributed by atoms with Crippen molar-refractivity contribution >= 4 is 11.8 Å². The van der Waals surface area contributed by atoms with Gasteiger partial charge in [0.2, 0.25) is 0 Å². The number of nitrogens with one attached hydrogen (secondary N) is 2. The van der Waals surface area contributed by atoms with Crippen LogP contribution in [0.25, 0.3) is 11.1 Å². The molecule has 6 nitrogen and oxygen atoms in total. The van der Waals surface area contributed by atoms with Crippen molar-refractivity contribution in [2.45, 2.75) is 38.6 Å². The third-order valence-corrected chi connectivity index (χ3v) is 6.10. The molecule has 2 amide bonds. The van der Waals surface area contributed by atoms with E-state index >= 15 is 0 Å². The number of ether oxygens (including phenoxy) is 1. The summed E-state index contributed by atoms with van der Waals surface area (Å²) < 4.78 is 20.9. The molecule has 0 spiro atoms. The van der Waals surface area contributed by atoms with E-state index in [1.54, 1.807) is 31.2 Å².